The number of rotatable bonds is 5. The van der Waals surface area contributed by atoms with Crippen LogP contribution in [0.5, 0.6) is 0 Å². The summed E-state index contributed by atoms with van der Waals surface area (Å²) in [4.78, 5) is 0. The normalized spacial score (nSPS) is 12.0. The van der Waals surface area contributed by atoms with E-state index >= 15 is 0 Å². The Hall–Kier alpha value is -0.160. The second-order valence-electron chi connectivity index (χ2n) is 2.71. The molecule has 0 saturated heterocycles. The maximum Gasteiger partial charge on any atom is 0.0931 e. The number of nitrogens with one attached hydrogen (secondary N) is 1. The van der Waals surface area contributed by atoms with Crippen LogP contribution in [0.4, 0.5) is 0 Å². The molecule has 0 heterocycles. The molecular formula is C6H15NO3. The molecule has 0 spiro atoms. The van der Waals surface area contributed by atoms with Crippen LogP contribution in [0, 0.1) is 5.41 Å². The molecule has 0 atom stereocenters. The molecule has 0 aromatic heterocycles. The van der Waals surface area contributed by atoms with E-state index in [-0.39, 0.29) is 19.9 Å². The van der Waals surface area contributed by atoms with Gasteiger partial charge in [0.15, 0.2) is 0 Å². The molecule has 62 valence electrons. The summed E-state index contributed by atoms with van der Waals surface area (Å²) < 4.78 is 0. The Bertz CT molecular complexity index is 83.1. The molecule has 0 aromatic carbocycles. The molecule has 0 unspecified atom stereocenters. The summed E-state index contributed by atoms with van der Waals surface area (Å²) in [6.07, 6.45) is 0. The highest BCUT2D eigenvalue weighted by atomic mass is 16.3. The van der Waals surface area contributed by atoms with Crippen LogP contribution in [-0.4, -0.2) is 41.8 Å². The van der Waals surface area contributed by atoms with Crippen molar-refractivity contribution in [1.82, 2.24) is 5.32 Å². The topological polar surface area (TPSA) is 72.7 Å². The van der Waals surface area contributed by atoms with Gasteiger partial charge in [0, 0.05) is 12.0 Å². The van der Waals surface area contributed by atoms with Crippen molar-refractivity contribution in [2.45, 2.75) is 6.92 Å². The third-order valence-electron chi connectivity index (χ3n) is 1.43. The largest absolute Gasteiger partial charge is 0.396 e. The number of aliphatic hydroxyl groups is 3. The Kier molecular flexibility index (Phi) is 4.55. The summed E-state index contributed by atoms with van der Waals surface area (Å²) in [5, 5.41) is 28.4. The predicted molar refractivity (Wildman–Crippen MR) is 37.4 cm³/mol. The first-order chi connectivity index (χ1) is 4.68. The van der Waals surface area contributed by atoms with E-state index in [1.807, 2.05) is 0 Å². The fourth-order valence-corrected chi connectivity index (χ4v) is 0.519. The lowest BCUT2D eigenvalue weighted by Crippen LogP contribution is -2.38. The lowest BCUT2D eigenvalue weighted by Gasteiger charge is -2.23. The van der Waals surface area contributed by atoms with Gasteiger partial charge in [-0.15, -0.1) is 0 Å². The smallest absolute Gasteiger partial charge is 0.0931 e. The van der Waals surface area contributed by atoms with Crippen LogP contribution < -0.4 is 5.32 Å². The first kappa shape index (κ1) is 9.84. The van der Waals surface area contributed by atoms with Gasteiger partial charge in [0.25, 0.3) is 0 Å². The van der Waals surface area contributed by atoms with E-state index in [0.717, 1.165) is 0 Å². The highest BCUT2D eigenvalue weighted by molar-refractivity contribution is 4.73. The van der Waals surface area contributed by atoms with Crippen LogP contribution in [0.1, 0.15) is 6.92 Å². The van der Waals surface area contributed by atoms with E-state index in [1.54, 1.807) is 6.92 Å². The van der Waals surface area contributed by atoms with E-state index in [2.05, 4.69) is 5.32 Å². The van der Waals surface area contributed by atoms with Crippen molar-refractivity contribution in [2.75, 3.05) is 26.5 Å². The minimum atomic E-state index is -0.525. The fourth-order valence-electron chi connectivity index (χ4n) is 0.519. The molecular weight excluding hydrogens is 134 g/mol. The lowest BCUT2D eigenvalue weighted by atomic mass is 9.93. The fraction of sp³-hybridized carbons (Fsp3) is 1.00. The maximum atomic E-state index is 8.73. The third-order valence-corrected chi connectivity index (χ3v) is 1.43. The average molecular weight is 149 g/mol. The summed E-state index contributed by atoms with van der Waals surface area (Å²) in [7, 11) is 0. The molecule has 4 nitrogen and oxygen atoms in total. The molecule has 0 rings (SSSR count). The summed E-state index contributed by atoms with van der Waals surface area (Å²) in [6, 6.07) is 0. The van der Waals surface area contributed by atoms with Crippen LogP contribution >= 0.6 is 0 Å². The van der Waals surface area contributed by atoms with Crippen LogP contribution in [0.2, 0.25) is 0 Å². The molecule has 0 radical (unpaired) electrons. The van der Waals surface area contributed by atoms with Crippen LogP contribution in [0.3, 0.4) is 0 Å². The molecule has 0 aliphatic rings. The highest BCUT2D eigenvalue weighted by Crippen LogP contribution is 2.11. The Morgan fingerprint density at radius 3 is 2.00 bits per heavy atom. The zero-order valence-corrected chi connectivity index (χ0v) is 6.17. The summed E-state index contributed by atoms with van der Waals surface area (Å²) in [5.41, 5.74) is -0.525. The summed E-state index contributed by atoms with van der Waals surface area (Å²) in [5.74, 6) is 0. The van der Waals surface area contributed by atoms with Gasteiger partial charge in [-0.1, -0.05) is 6.92 Å². The highest BCUT2D eigenvalue weighted by Gasteiger charge is 2.21. The molecule has 0 aliphatic carbocycles. The summed E-state index contributed by atoms with van der Waals surface area (Å²) in [6.45, 7) is 1.84. The molecule has 4 N–H and O–H groups in total. The molecule has 0 aliphatic heterocycles. The van der Waals surface area contributed by atoms with E-state index in [1.165, 1.54) is 0 Å². The SMILES string of the molecule is CC(CO)(CO)CNCO. The van der Waals surface area contributed by atoms with Crippen LogP contribution in [0.15, 0.2) is 0 Å². The molecule has 0 saturated carbocycles. The monoisotopic (exact) mass is 149 g/mol. The van der Waals surface area contributed by atoms with Crippen molar-refractivity contribution in [2.24, 2.45) is 5.41 Å². The zero-order chi connectivity index (χ0) is 8.04. The standard InChI is InChI=1S/C6H15NO3/c1-6(3-8,4-9)2-7-5-10/h7-10H,2-5H2,1H3. The van der Waals surface area contributed by atoms with Gasteiger partial charge in [-0.2, -0.15) is 0 Å². The van der Waals surface area contributed by atoms with Gasteiger partial charge in [0.1, 0.15) is 0 Å². The number of hydrogen-bond acceptors (Lipinski definition) is 4. The van der Waals surface area contributed by atoms with Crippen molar-refractivity contribution < 1.29 is 15.3 Å². The summed E-state index contributed by atoms with van der Waals surface area (Å²) >= 11 is 0. The van der Waals surface area contributed by atoms with Gasteiger partial charge >= 0.3 is 0 Å². The van der Waals surface area contributed by atoms with Gasteiger partial charge in [-0.3, -0.25) is 5.32 Å². The van der Waals surface area contributed by atoms with Crippen LogP contribution in [-0.2, 0) is 0 Å². The lowest BCUT2D eigenvalue weighted by molar-refractivity contribution is 0.0635. The minimum Gasteiger partial charge on any atom is -0.396 e. The first-order valence-electron chi connectivity index (χ1n) is 3.22. The average Bonchev–Trinajstić information content (AvgIpc) is 2.00. The van der Waals surface area contributed by atoms with Gasteiger partial charge in [0.05, 0.1) is 19.9 Å². The van der Waals surface area contributed by atoms with Crippen LogP contribution in [0.25, 0.3) is 0 Å². The maximum absolute atomic E-state index is 8.73. The number of hydrogen-bond donors (Lipinski definition) is 4. The van der Waals surface area contributed by atoms with Gasteiger partial charge < -0.3 is 15.3 Å². The molecule has 0 fully saturated rings. The van der Waals surface area contributed by atoms with Crippen molar-refractivity contribution in [3.05, 3.63) is 0 Å². The zero-order valence-electron chi connectivity index (χ0n) is 6.17. The number of aliphatic hydroxyl groups excluding tert-OH is 3. The predicted octanol–water partition coefficient (Wildman–Crippen LogP) is -1.48. The van der Waals surface area contributed by atoms with E-state index in [4.69, 9.17) is 15.3 Å². The Morgan fingerprint density at radius 1 is 1.20 bits per heavy atom. The van der Waals surface area contributed by atoms with Crippen molar-refractivity contribution in [3.63, 3.8) is 0 Å². The quantitative estimate of drug-likeness (QED) is 0.360. The van der Waals surface area contributed by atoms with E-state index < -0.39 is 5.41 Å². The third kappa shape index (κ3) is 3.12. The van der Waals surface area contributed by atoms with E-state index in [9.17, 15) is 0 Å². The van der Waals surface area contributed by atoms with Gasteiger partial charge in [0.2, 0.25) is 0 Å². The molecule has 4 heteroatoms. The minimum absolute atomic E-state index is 0.0868. The van der Waals surface area contributed by atoms with Crippen molar-refractivity contribution in [3.8, 4) is 0 Å². The van der Waals surface area contributed by atoms with Gasteiger partial charge in [-0.25, -0.2) is 0 Å². The Labute approximate surface area is 60.5 Å². The van der Waals surface area contributed by atoms with Crippen molar-refractivity contribution in [1.29, 1.82) is 0 Å². The molecule has 0 amide bonds. The Balaban J connectivity index is 3.58. The van der Waals surface area contributed by atoms with Gasteiger partial charge in [-0.05, 0) is 0 Å². The molecule has 10 heavy (non-hydrogen) atoms. The molecule has 0 bridgehead atoms. The second-order valence-corrected chi connectivity index (χ2v) is 2.71. The second kappa shape index (κ2) is 4.62. The Morgan fingerprint density at radius 2 is 1.70 bits per heavy atom. The first-order valence-corrected chi connectivity index (χ1v) is 3.22. The van der Waals surface area contributed by atoms with Crippen molar-refractivity contribution >= 4 is 0 Å². The van der Waals surface area contributed by atoms with E-state index in [0.29, 0.717) is 6.54 Å². The molecule has 0 aromatic rings.